The Hall–Kier alpha value is -1.65. The fourth-order valence-corrected chi connectivity index (χ4v) is 1.06. The normalized spacial score (nSPS) is 10.5. The number of methoxy groups -OCH3 is 1. The summed E-state index contributed by atoms with van der Waals surface area (Å²) in [4.78, 5) is 20.5. The molecule has 0 aliphatic heterocycles. The van der Waals surface area contributed by atoms with Gasteiger partial charge in [-0.05, 0) is 6.42 Å². The van der Waals surface area contributed by atoms with Gasteiger partial charge in [0.15, 0.2) is 0 Å². The van der Waals surface area contributed by atoms with Crippen LogP contribution in [-0.2, 0) is 14.3 Å². The van der Waals surface area contributed by atoms with E-state index in [0.29, 0.717) is 32.7 Å². The lowest BCUT2D eigenvalue weighted by atomic mass is 10.1. The Morgan fingerprint density at radius 2 is 1.79 bits per heavy atom. The highest BCUT2D eigenvalue weighted by molar-refractivity contribution is 5.73. The molecule has 0 rings (SSSR count). The number of nitrogens with two attached hydrogens (primary N) is 1. The Morgan fingerprint density at radius 3 is 2.11 bits per heavy atom. The molecule has 1 atom stereocenters. The molecule has 0 radical (unpaired) electrons. The molecule has 1 unspecified atom stereocenters. The molecule has 0 heterocycles. The van der Waals surface area contributed by atoms with Crippen LogP contribution in [0, 0.1) is 17.2 Å². The van der Waals surface area contributed by atoms with Crippen LogP contribution in [0.25, 0.3) is 0 Å². The van der Waals surface area contributed by atoms with E-state index in [2.05, 4.69) is 16.7 Å². The molecule has 0 saturated carbocycles. The summed E-state index contributed by atoms with van der Waals surface area (Å²) in [5, 5.41) is 13.7. The van der Waals surface area contributed by atoms with Crippen molar-refractivity contribution in [1.29, 1.82) is 5.26 Å². The summed E-state index contributed by atoms with van der Waals surface area (Å²) in [7, 11) is 1.56. The highest BCUT2D eigenvalue weighted by Crippen LogP contribution is 1.99. The zero-order valence-electron chi connectivity index (χ0n) is 11.9. The zero-order chi connectivity index (χ0) is 15.1. The molecule has 19 heavy (non-hydrogen) atoms. The second-order valence-corrected chi connectivity index (χ2v) is 3.82. The lowest BCUT2D eigenvalue weighted by molar-refractivity contribution is -0.119. The van der Waals surface area contributed by atoms with E-state index in [4.69, 9.17) is 15.7 Å². The third kappa shape index (κ3) is 18.9. The highest BCUT2D eigenvalue weighted by atomic mass is 16.5. The van der Waals surface area contributed by atoms with E-state index < -0.39 is 0 Å². The van der Waals surface area contributed by atoms with Crippen LogP contribution in [0.2, 0.25) is 0 Å². The van der Waals surface area contributed by atoms with Gasteiger partial charge in [0.05, 0.1) is 18.6 Å². The SMILES string of the molecule is CC(=O)NCCN.COCC(C#N)CCNC(C)=O. The van der Waals surface area contributed by atoms with Crippen molar-refractivity contribution in [2.24, 2.45) is 11.7 Å². The van der Waals surface area contributed by atoms with Gasteiger partial charge in [-0.1, -0.05) is 0 Å². The Kier molecular flexibility index (Phi) is 14.9. The number of nitriles is 1. The molecule has 0 aliphatic carbocycles. The first kappa shape index (κ1) is 19.7. The molecule has 4 N–H and O–H groups in total. The molecular formula is C12H24N4O3. The second kappa shape index (κ2) is 14.4. The van der Waals surface area contributed by atoms with Crippen molar-refractivity contribution >= 4 is 11.8 Å². The van der Waals surface area contributed by atoms with E-state index in [-0.39, 0.29) is 17.7 Å². The van der Waals surface area contributed by atoms with Crippen LogP contribution in [0.1, 0.15) is 20.3 Å². The Labute approximate surface area is 114 Å². The minimum absolute atomic E-state index is 0.0227. The van der Waals surface area contributed by atoms with Gasteiger partial charge in [0.1, 0.15) is 0 Å². The molecule has 0 aromatic carbocycles. The molecule has 0 aromatic rings. The predicted molar refractivity (Wildman–Crippen MR) is 72.0 cm³/mol. The molecule has 7 nitrogen and oxygen atoms in total. The van der Waals surface area contributed by atoms with Crippen molar-refractivity contribution in [3.63, 3.8) is 0 Å². The lowest BCUT2D eigenvalue weighted by Crippen LogP contribution is -2.26. The monoisotopic (exact) mass is 272 g/mol. The lowest BCUT2D eigenvalue weighted by Gasteiger charge is -2.06. The van der Waals surface area contributed by atoms with Gasteiger partial charge in [-0.3, -0.25) is 9.59 Å². The summed E-state index contributed by atoms with van der Waals surface area (Å²) in [6.07, 6.45) is 0.643. The molecule has 2 amide bonds. The number of carbonyl (C=O) groups excluding carboxylic acids is 2. The molecule has 7 heteroatoms. The summed E-state index contributed by atoms with van der Waals surface area (Å²) in [6, 6.07) is 2.10. The minimum atomic E-state index is -0.123. The Bertz CT molecular complexity index is 289. The maximum atomic E-state index is 10.4. The van der Waals surface area contributed by atoms with Crippen LogP contribution in [0.5, 0.6) is 0 Å². The van der Waals surface area contributed by atoms with Crippen molar-refractivity contribution in [1.82, 2.24) is 10.6 Å². The Balaban J connectivity index is 0. The molecule has 0 aliphatic rings. The number of nitrogens with zero attached hydrogens (tertiary/aromatic N) is 1. The molecule has 0 aromatic heterocycles. The van der Waals surface area contributed by atoms with Crippen LogP contribution in [0.15, 0.2) is 0 Å². The van der Waals surface area contributed by atoms with E-state index in [1.165, 1.54) is 13.8 Å². The third-order valence-electron chi connectivity index (χ3n) is 1.94. The van der Waals surface area contributed by atoms with Crippen molar-refractivity contribution in [2.45, 2.75) is 20.3 Å². The van der Waals surface area contributed by atoms with Gasteiger partial charge < -0.3 is 21.1 Å². The van der Waals surface area contributed by atoms with Crippen molar-refractivity contribution in [2.75, 3.05) is 33.4 Å². The van der Waals surface area contributed by atoms with Gasteiger partial charge in [-0.15, -0.1) is 0 Å². The summed E-state index contributed by atoms with van der Waals surface area (Å²) >= 11 is 0. The van der Waals surface area contributed by atoms with Crippen molar-refractivity contribution in [3.8, 4) is 6.07 Å². The van der Waals surface area contributed by atoms with E-state index >= 15 is 0 Å². The topological polar surface area (TPSA) is 117 Å². The van der Waals surface area contributed by atoms with Crippen LogP contribution < -0.4 is 16.4 Å². The van der Waals surface area contributed by atoms with E-state index in [0.717, 1.165) is 0 Å². The highest BCUT2D eigenvalue weighted by Gasteiger charge is 2.05. The fraction of sp³-hybridized carbons (Fsp3) is 0.750. The van der Waals surface area contributed by atoms with Gasteiger partial charge in [-0.2, -0.15) is 5.26 Å². The summed E-state index contributed by atoms with van der Waals surface area (Å²) < 4.78 is 4.82. The van der Waals surface area contributed by atoms with Crippen LogP contribution >= 0.6 is 0 Å². The number of nitrogens with one attached hydrogen (secondary N) is 2. The van der Waals surface area contributed by atoms with Crippen LogP contribution in [-0.4, -0.2) is 45.2 Å². The summed E-state index contributed by atoms with van der Waals surface area (Å²) in [5.74, 6) is -0.212. The molecule has 110 valence electrons. The number of rotatable bonds is 7. The fourth-order valence-electron chi connectivity index (χ4n) is 1.06. The average Bonchev–Trinajstić information content (AvgIpc) is 2.35. The number of carbonyl (C=O) groups is 2. The van der Waals surface area contributed by atoms with Gasteiger partial charge in [0.25, 0.3) is 0 Å². The van der Waals surface area contributed by atoms with E-state index in [1.807, 2.05) is 0 Å². The first-order valence-electron chi connectivity index (χ1n) is 6.05. The second-order valence-electron chi connectivity index (χ2n) is 3.82. The van der Waals surface area contributed by atoms with Gasteiger partial charge in [-0.25, -0.2) is 0 Å². The smallest absolute Gasteiger partial charge is 0.216 e. The number of hydrogen-bond acceptors (Lipinski definition) is 5. The minimum Gasteiger partial charge on any atom is -0.383 e. The predicted octanol–water partition coefficient (Wildman–Crippen LogP) is -0.620. The molecule has 0 spiro atoms. The number of hydrogen-bond donors (Lipinski definition) is 3. The number of ether oxygens (including phenoxy) is 1. The van der Waals surface area contributed by atoms with E-state index in [1.54, 1.807) is 7.11 Å². The van der Waals surface area contributed by atoms with Crippen molar-refractivity contribution < 1.29 is 14.3 Å². The van der Waals surface area contributed by atoms with Crippen molar-refractivity contribution in [3.05, 3.63) is 0 Å². The van der Waals surface area contributed by atoms with Crippen LogP contribution in [0.4, 0.5) is 0 Å². The number of amides is 2. The van der Waals surface area contributed by atoms with E-state index in [9.17, 15) is 9.59 Å². The first-order chi connectivity index (χ1) is 8.97. The van der Waals surface area contributed by atoms with Gasteiger partial charge in [0, 0.05) is 40.6 Å². The standard InChI is InChI=1S/C8H14N2O2.C4H10N2O/c1-7(11)10-4-3-8(5-9)6-12-2;1-4(7)6-3-2-5/h8H,3-4,6H2,1-2H3,(H,10,11);2-3,5H2,1H3,(H,6,7). The molecule has 0 saturated heterocycles. The molecular weight excluding hydrogens is 248 g/mol. The third-order valence-corrected chi connectivity index (χ3v) is 1.94. The summed E-state index contributed by atoms with van der Waals surface area (Å²) in [6.45, 7) is 4.98. The average molecular weight is 272 g/mol. The van der Waals surface area contributed by atoms with Gasteiger partial charge >= 0.3 is 0 Å². The Morgan fingerprint density at radius 1 is 1.26 bits per heavy atom. The maximum absolute atomic E-state index is 10.4. The van der Waals surface area contributed by atoms with Crippen LogP contribution in [0.3, 0.4) is 0 Å². The largest absolute Gasteiger partial charge is 0.383 e. The molecule has 0 bridgehead atoms. The first-order valence-corrected chi connectivity index (χ1v) is 6.05. The van der Waals surface area contributed by atoms with Gasteiger partial charge in [0.2, 0.25) is 11.8 Å². The zero-order valence-corrected chi connectivity index (χ0v) is 11.9. The maximum Gasteiger partial charge on any atom is 0.216 e. The molecule has 0 fully saturated rings. The summed E-state index contributed by atoms with van der Waals surface area (Å²) in [5.41, 5.74) is 5.06. The quantitative estimate of drug-likeness (QED) is 0.571.